The zero-order valence-electron chi connectivity index (χ0n) is 11.1. The number of hydrogen-bond acceptors (Lipinski definition) is 8. The molecule has 0 fully saturated rings. The minimum Gasteiger partial charge on any atom is -0.508 e. The Bertz CT molecular complexity index is 676. The van der Waals surface area contributed by atoms with Crippen molar-refractivity contribution in [2.24, 2.45) is 0 Å². The molecule has 0 aliphatic carbocycles. The van der Waals surface area contributed by atoms with Crippen molar-refractivity contribution in [3.05, 3.63) is 34.6 Å². The standard InChI is InChI=1S/C12H11N3O6/c1-19-8-3-7(16)4-9(5-8)21-12-10(15(17)18)11(20-2)13-6-14-12/h3-6,16H,1-2H3. The van der Waals surface area contributed by atoms with Crippen LogP contribution in [-0.2, 0) is 0 Å². The van der Waals surface area contributed by atoms with Crippen LogP contribution in [-0.4, -0.2) is 34.2 Å². The van der Waals surface area contributed by atoms with E-state index < -0.39 is 10.6 Å². The number of aromatic hydroxyl groups is 1. The molecule has 0 amide bonds. The van der Waals surface area contributed by atoms with Gasteiger partial charge in [0.2, 0.25) is 0 Å². The van der Waals surface area contributed by atoms with Crippen molar-refractivity contribution in [2.75, 3.05) is 14.2 Å². The van der Waals surface area contributed by atoms with E-state index in [-0.39, 0.29) is 23.3 Å². The first-order valence-electron chi connectivity index (χ1n) is 5.64. The Kier molecular flexibility index (Phi) is 4.02. The molecule has 2 aromatic rings. The van der Waals surface area contributed by atoms with Crippen LogP contribution in [0.1, 0.15) is 0 Å². The van der Waals surface area contributed by atoms with Crippen LogP contribution in [0.5, 0.6) is 29.0 Å². The normalized spacial score (nSPS) is 10.0. The quantitative estimate of drug-likeness (QED) is 0.656. The summed E-state index contributed by atoms with van der Waals surface area (Å²) in [5.41, 5.74) is -0.512. The molecule has 0 spiro atoms. The molecule has 9 nitrogen and oxygen atoms in total. The molecule has 2 rings (SSSR count). The smallest absolute Gasteiger partial charge is 0.392 e. The molecule has 0 atom stereocenters. The molecule has 21 heavy (non-hydrogen) atoms. The highest BCUT2D eigenvalue weighted by Gasteiger charge is 2.26. The second kappa shape index (κ2) is 5.90. The number of rotatable bonds is 5. The molecule has 0 bridgehead atoms. The van der Waals surface area contributed by atoms with Gasteiger partial charge in [-0.25, -0.2) is 0 Å². The molecule has 0 aliphatic rings. The van der Waals surface area contributed by atoms with Crippen LogP contribution in [0.25, 0.3) is 0 Å². The van der Waals surface area contributed by atoms with E-state index >= 15 is 0 Å². The number of ether oxygens (including phenoxy) is 3. The molecule has 1 heterocycles. The molecule has 110 valence electrons. The van der Waals surface area contributed by atoms with Crippen molar-refractivity contribution in [1.82, 2.24) is 9.97 Å². The largest absolute Gasteiger partial charge is 0.508 e. The average Bonchev–Trinajstić information content (AvgIpc) is 2.45. The third kappa shape index (κ3) is 3.08. The van der Waals surface area contributed by atoms with E-state index in [1.165, 1.54) is 32.4 Å². The van der Waals surface area contributed by atoms with E-state index in [9.17, 15) is 15.2 Å². The lowest BCUT2D eigenvalue weighted by Gasteiger charge is -2.08. The van der Waals surface area contributed by atoms with E-state index in [1.54, 1.807) is 0 Å². The van der Waals surface area contributed by atoms with Gasteiger partial charge in [0.1, 0.15) is 23.6 Å². The highest BCUT2D eigenvalue weighted by Crippen LogP contribution is 2.37. The fraction of sp³-hybridized carbons (Fsp3) is 0.167. The van der Waals surface area contributed by atoms with E-state index in [0.29, 0.717) is 5.75 Å². The number of nitro groups is 1. The van der Waals surface area contributed by atoms with Gasteiger partial charge in [0.25, 0.3) is 0 Å². The van der Waals surface area contributed by atoms with Crippen LogP contribution in [0.3, 0.4) is 0 Å². The lowest BCUT2D eigenvalue weighted by atomic mass is 10.3. The summed E-state index contributed by atoms with van der Waals surface area (Å²) in [5.74, 6) is -0.200. The summed E-state index contributed by atoms with van der Waals surface area (Å²) in [6.07, 6.45) is 1.07. The molecule has 1 N–H and O–H groups in total. The third-order valence-electron chi connectivity index (χ3n) is 2.45. The molecular formula is C12H11N3O6. The van der Waals surface area contributed by atoms with Gasteiger partial charge in [-0.2, -0.15) is 9.97 Å². The second-order valence-corrected chi connectivity index (χ2v) is 3.76. The van der Waals surface area contributed by atoms with Gasteiger partial charge in [-0.1, -0.05) is 0 Å². The SMILES string of the molecule is COc1cc(O)cc(Oc2ncnc(OC)c2[N+](=O)[O-])c1. The first-order valence-corrected chi connectivity index (χ1v) is 5.64. The Hall–Kier alpha value is -3.10. The molecular weight excluding hydrogens is 282 g/mol. The van der Waals surface area contributed by atoms with E-state index in [1.807, 2.05) is 0 Å². The minimum atomic E-state index is -0.714. The lowest BCUT2D eigenvalue weighted by Crippen LogP contribution is -2.01. The molecule has 0 saturated heterocycles. The molecule has 1 aromatic heterocycles. The van der Waals surface area contributed by atoms with Crippen molar-refractivity contribution in [2.45, 2.75) is 0 Å². The van der Waals surface area contributed by atoms with Crippen LogP contribution in [0.15, 0.2) is 24.5 Å². The van der Waals surface area contributed by atoms with Crippen molar-refractivity contribution in [1.29, 1.82) is 0 Å². The Morgan fingerprint density at radius 1 is 1.10 bits per heavy atom. The van der Waals surface area contributed by atoms with Gasteiger partial charge < -0.3 is 19.3 Å². The average molecular weight is 293 g/mol. The van der Waals surface area contributed by atoms with Gasteiger partial charge in [0.05, 0.1) is 19.1 Å². The second-order valence-electron chi connectivity index (χ2n) is 3.76. The Morgan fingerprint density at radius 2 is 1.76 bits per heavy atom. The monoisotopic (exact) mass is 293 g/mol. The predicted molar refractivity (Wildman–Crippen MR) is 70.0 cm³/mol. The fourth-order valence-corrected chi connectivity index (χ4v) is 1.57. The number of hydrogen-bond donors (Lipinski definition) is 1. The Morgan fingerprint density at radius 3 is 2.38 bits per heavy atom. The summed E-state index contributed by atoms with van der Waals surface area (Å²) in [6, 6.07) is 4.07. The van der Waals surface area contributed by atoms with Gasteiger partial charge in [-0.15, -0.1) is 0 Å². The Labute approximate surface area is 118 Å². The zero-order chi connectivity index (χ0) is 15.4. The number of phenols is 1. The number of aromatic nitrogens is 2. The van der Waals surface area contributed by atoms with Crippen molar-refractivity contribution in [3.63, 3.8) is 0 Å². The topological polar surface area (TPSA) is 117 Å². The summed E-state index contributed by atoms with van der Waals surface area (Å²) < 4.78 is 15.1. The summed E-state index contributed by atoms with van der Waals surface area (Å²) >= 11 is 0. The maximum atomic E-state index is 11.1. The van der Waals surface area contributed by atoms with Gasteiger partial charge in [0, 0.05) is 18.2 Å². The number of methoxy groups -OCH3 is 2. The van der Waals surface area contributed by atoms with Crippen LogP contribution >= 0.6 is 0 Å². The summed E-state index contributed by atoms with van der Waals surface area (Å²) in [7, 11) is 2.66. The summed E-state index contributed by atoms with van der Waals surface area (Å²) in [4.78, 5) is 17.7. The summed E-state index contributed by atoms with van der Waals surface area (Å²) in [6.45, 7) is 0. The molecule has 1 aromatic carbocycles. The van der Waals surface area contributed by atoms with Gasteiger partial charge in [-0.05, 0) is 0 Å². The highest BCUT2D eigenvalue weighted by atomic mass is 16.6. The molecule has 0 saturated carbocycles. The van der Waals surface area contributed by atoms with Crippen LogP contribution in [0.2, 0.25) is 0 Å². The van der Waals surface area contributed by atoms with E-state index in [0.717, 1.165) is 6.33 Å². The minimum absolute atomic E-state index is 0.118. The van der Waals surface area contributed by atoms with Gasteiger partial charge >= 0.3 is 17.4 Å². The van der Waals surface area contributed by atoms with E-state index in [2.05, 4.69) is 9.97 Å². The maximum Gasteiger partial charge on any atom is 0.392 e. The molecule has 0 radical (unpaired) electrons. The first-order chi connectivity index (χ1) is 10.0. The number of benzene rings is 1. The number of phenolic OH excluding ortho intramolecular Hbond substituents is 1. The van der Waals surface area contributed by atoms with E-state index in [4.69, 9.17) is 14.2 Å². The van der Waals surface area contributed by atoms with Crippen molar-refractivity contribution >= 4 is 5.69 Å². The lowest BCUT2D eigenvalue weighted by molar-refractivity contribution is -0.387. The van der Waals surface area contributed by atoms with Crippen molar-refractivity contribution in [3.8, 4) is 29.0 Å². The third-order valence-corrected chi connectivity index (χ3v) is 2.45. The molecule has 0 unspecified atom stereocenters. The fourth-order valence-electron chi connectivity index (χ4n) is 1.57. The van der Waals surface area contributed by atoms with Crippen LogP contribution in [0, 0.1) is 10.1 Å². The Balaban J connectivity index is 2.44. The first kappa shape index (κ1) is 14.3. The summed E-state index contributed by atoms with van der Waals surface area (Å²) in [5, 5.41) is 20.6. The van der Waals surface area contributed by atoms with Crippen molar-refractivity contribution < 1.29 is 24.2 Å². The maximum absolute atomic E-state index is 11.1. The van der Waals surface area contributed by atoms with Crippen LogP contribution < -0.4 is 14.2 Å². The molecule has 0 aliphatic heterocycles. The highest BCUT2D eigenvalue weighted by molar-refractivity contribution is 5.51. The van der Waals surface area contributed by atoms with Crippen LogP contribution in [0.4, 0.5) is 5.69 Å². The number of nitrogens with zero attached hydrogens (tertiary/aromatic N) is 3. The van der Waals surface area contributed by atoms with Gasteiger partial charge in [0.15, 0.2) is 0 Å². The predicted octanol–water partition coefficient (Wildman–Crippen LogP) is 1.90. The molecule has 9 heteroatoms. The van der Waals surface area contributed by atoms with Gasteiger partial charge in [-0.3, -0.25) is 10.1 Å². The zero-order valence-corrected chi connectivity index (χ0v) is 11.1.